The van der Waals surface area contributed by atoms with E-state index in [-0.39, 0.29) is 11.6 Å². The molecule has 1 aromatic carbocycles. The highest BCUT2D eigenvalue weighted by Crippen LogP contribution is 2.11. The minimum absolute atomic E-state index is 0.0295. The molecule has 1 rings (SSSR count). The molecule has 0 saturated heterocycles. The average molecular weight is 390 g/mol. The van der Waals surface area contributed by atoms with Crippen LogP contribution in [-0.2, 0) is 19.1 Å². The molecule has 2 amide bonds. The number of amides is 2. The summed E-state index contributed by atoms with van der Waals surface area (Å²) in [5.41, 5.74) is -0.0368. The molecule has 1 aromatic rings. The van der Waals surface area contributed by atoms with Gasteiger partial charge in [0.15, 0.2) is 0 Å². The predicted molar refractivity (Wildman–Crippen MR) is 107 cm³/mol. The minimum atomic E-state index is -0.822. The van der Waals surface area contributed by atoms with E-state index in [4.69, 9.17) is 9.47 Å². The van der Waals surface area contributed by atoms with Gasteiger partial charge in [0.05, 0.1) is 7.11 Å². The van der Waals surface area contributed by atoms with Crippen LogP contribution in [0.4, 0.5) is 4.79 Å². The maximum absolute atomic E-state index is 12.8. The zero-order valence-electron chi connectivity index (χ0n) is 17.4. The topological polar surface area (TPSA) is 93.7 Å². The van der Waals surface area contributed by atoms with Crippen LogP contribution in [0.2, 0.25) is 0 Å². The Labute approximate surface area is 166 Å². The van der Waals surface area contributed by atoms with Crippen molar-refractivity contribution in [3.8, 4) is 0 Å². The third-order valence-electron chi connectivity index (χ3n) is 3.49. The van der Waals surface area contributed by atoms with Crippen LogP contribution in [0.1, 0.15) is 46.6 Å². The van der Waals surface area contributed by atoms with Crippen LogP contribution in [-0.4, -0.2) is 36.7 Å². The van der Waals surface area contributed by atoms with Gasteiger partial charge in [-0.2, -0.15) is 0 Å². The Morgan fingerprint density at radius 2 is 1.71 bits per heavy atom. The van der Waals surface area contributed by atoms with Gasteiger partial charge in [0.2, 0.25) is 0 Å². The summed E-state index contributed by atoms with van der Waals surface area (Å²) in [6.07, 6.45) is 1.16. The molecule has 0 aliphatic heterocycles. The van der Waals surface area contributed by atoms with E-state index >= 15 is 0 Å². The molecular weight excluding hydrogens is 360 g/mol. The molecule has 0 aromatic heterocycles. The summed E-state index contributed by atoms with van der Waals surface area (Å²) in [5, 5.41) is 5.11. The second-order valence-electron chi connectivity index (χ2n) is 7.77. The lowest BCUT2D eigenvalue weighted by molar-refractivity contribution is -0.145. The summed E-state index contributed by atoms with van der Waals surface area (Å²) in [4.78, 5) is 37.0. The largest absolute Gasteiger partial charge is 0.467 e. The normalized spacial score (nSPS) is 12.9. The number of rotatable bonds is 7. The van der Waals surface area contributed by atoms with Crippen molar-refractivity contribution in [2.45, 2.75) is 52.7 Å². The summed E-state index contributed by atoms with van der Waals surface area (Å²) >= 11 is 0. The van der Waals surface area contributed by atoms with Crippen molar-refractivity contribution in [3.63, 3.8) is 0 Å². The second kappa shape index (κ2) is 10.5. The van der Waals surface area contributed by atoms with Crippen LogP contribution in [0.3, 0.4) is 0 Å². The van der Waals surface area contributed by atoms with E-state index in [0.717, 1.165) is 0 Å². The van der Waals surface area contributed by atoms with Gasteiger partial charge in [-0.15, -0.1) is 0 Å². The van der Waals surface area contributed by atoms with Crippen molar-refractivity contribution < 1.29 is 23.9 Å². The van der Waals surface area contributed by atoms with Crippen molar-refractivity contribution in [1.29, 1.82) is 0 Å². The lowest BCUT2D eigenvalue weighted by Crippen LogP contribution is -2.46. The number of ether oxygens (including phenoxy) is 2. The van der Waals surface area contributed by atoms with E-state index in [9.17, 15) is 14.4 Å². The Hall–Kier alpha value is -2.83. The maximum atomic E-state index is 12.8. The molecular formula is C21H30N2O5. The fourth-order valence-electron chi connectivity index (χ4n) is 2.35. The molecule has 7 heteroatoms. The molecule has 0 heterocycles. The van der Waals surface area contributed by atoms with Crippen LogP contribution in [0.5, 0.6) is 0 Å². The third-order valence-corrected chi connectivity index (χ3v) is 3.49. The third kappa shape index (κ3) is 8.70. The van der Waals surface area contributed by atoms with Crippen molar-refractivity contribution in [2.75, 3.05) is 7.11 Å². The number of carbonyl (C=O) groups is 3. The summed E-state index contributed by atoms with van der Waals surface area (Å²) in [7, 11) is 1.27. The monoisotopic (exact) mass is 390 g/mol. The van der Waals surface area contributed by atoms with Crippen molar-refractivity contribution in [1.82, 2.24) is 10.6 Å². The van der Waals surface area contributed by atoms with E-state index in [1.807, 2.05) is 32.0 Å². The van der Waals surface area contributed by atoms with Gasteiger partial charge in [0.25, 0.3) is 5.91 Å². The molecule has 2 N–H and O–H groups in total. The lowest BCUT2D eigenvalue weighted by atomic mass is 10.0. The zero-order chi connectivity index (χ0) is 21.3. The SMILES string of the molecule is COC(=O)[C@H](CC(C)C)NC(=O)/C(=C/c1ccccc1)NC(=O)OC(C)(C)C. The molecule has 28 heavy (non-hydrogen) atoms. The van der Waals surface area contributed by atoms with Gasteiger partial charge in [0.1, 0.15) is 17.3 Å². The van der Waals surface area contributed by atoms with Gasteiger partial charge in [-0.3, -0.25) is 10.1 Å². The fraction of sp³-hybridized carbons (Fsp3) is 0.476. The van der Waals surface area contributed by atoms with Crippen LogP contribution in [0, 0.1) is 5.92 Å². The van der Waals surface area contributed by atoms with Gasteiger partial charge in [0, 0.05) is 0 Å². The number of methoxy groups -OCH3 is 1. The van der Waals surface area contributed by atoms with Crippen molar-refractivity contribution in [2.24, 2.45) is 5.92 Å². The smallest absolute Gasteiger partial charge is 0.412 e. The highest BCUT2D eigenvalue weighted by Gasteiger charge is 2.26. The summed E-state index contributed by atoms with van der Waals surface area (Å²) in [6, 6.07) is 8.22. The summed E-state index contributed by atoms with van der Waals surface area (Å²) in [6.45, 7) is 9.04. The van der Waals surface area contributed by atoms with Gasteiger partial charge < -0.3 is 14.8 Å². The van der Waals surface area contributed by atoms with Crippen molar-refractivity contribution >= 4 is 24.0 Å². The fourth-order valence-corrected chi connectivity index (χ4v) is 2.35. The summed E-state index contributed by atoms with van der Waals surface area (Å²) in [5.74, 6) is -0.992. The summed E-state index contributed by atoms with van der Waals surface area (Å²) < 4.78 is 10.0. The van der Waals surface area contributed by atoms with E-state index in [0.29, 0.717) is 12.0 Å². The average Bonchev–Trinajstić information content (AvgIpc) is 2.58. The first-order valence-corrected chi connectivity index (χ1v) is 9.17. The minimum Gasteiger partial charge on any atom is -0.467 e. The second-order valence-corrected chi connectivity index (χ2v) is 7.77. The van der Waals surface area contributed by atoms with E-state index in [2.05, 4.69) is 10.6 Å². The molecule has 0 saturated carbocycles. The first-order valence-electron chi connectivity index (χ1n) is 9.17. The first kappa shape index (κ1) is 23.2. The molecule has 0 unspecified atom stereocenters. The number of hydrogen-bond acceptors (Lipinski definition) is 5. The molecule has 1 atom stereocenters. The number of nitrogens with one attached hydrogen (secondary N) is 2. The molecule has 0 radical (unpaired) electrons. The number of benzene rings is 1. The quantitative estimate of drug-likeness (QED) is 0.551. The van der Waals surface area contributed by atoms with E-state index in [1.165, 1.54) is 13.2 Å². The van der Waals surface area contributed by atoms with Crippen LogP contribution in [0.15, 0.2) is 36.0 Å². The molecule has 0 fully saturated rings. The molecule has 154 valence electrons. The van der Waals surface area contributed by atoms with Crippen LogP contribution in [0.25, 0.3) is 6.08 Å². The Kier molecular flexibility index (Phi) is 8.70. The van der Waals surface area contributed by atoms with Gasteiger partial charge in [-0.05, 0) is 44.7 Å². The molecule has 0 bridgehead atoms. The zero-order valence-corrected chi connectivity index (χ0v) is 17.4. The Morgan fingerprint density at radius 1 is 1.11 bits per heavy atom. The van der Waals surface area contributed by atoms with Gasteiger partial charge >= 0.3 is 12.1 Å². The standard InChI is InChI=1S/C21H30N2O5/c1-14(2)12-17(19(25)27-6)22-18(24)16(13-15-10-8-7-9-11-15)23-20(26)28-21(3,4)5/h7-11,13-14,17H,12H2,1-6H3,(H,22,24)(H,23,26)/b16-13-/t17-/m0/s1. The number of alkyl carbamates (subject to hydrolysis) is 1. The molecule has 0 aliphatic rings. The Morgan fingerprint density at radius 3 is 2.21 bits per heavy atom. The number of carbonyl (C=O) groups excluding carboxylic acids is 3. The maximum Gasteiger partial charge on any atom is 0.412 e. The molecule has 0 spiro atoms. The molecule has 7 nitrogen and oxygen atoms in total. The van der Waals surface area contributed by atoms with Gasteiger partial charge in [-0.1, -0.05) is 44.2 Å². The lowest BCUT2D eigenvalue weighted by Gasteiger charge is -2.22. The van der Waals surface area contributed by atoms with E-state index < -0.39 is 29.6 Å². The predicted octanol–water partition coefficient (Wildman–Crippen LogP) is 3.26. The Balaban J connectivity index is 3.08. The highest BCUT2D eigenvalue weighted by molar-refractivity contribution is 6.02. The Bertz CT molecular complexity index is 705. The van der Waals surface area contributed by atoms with E-state index in [1.54, 1.807) is 32.9 Å². The number of hydrogen-bond donors (Lipinski definition) is 2. The van der Waals surface area contributed by atoms with Crippen LogP contribution < -0.4 is 10.6 Å². The highest BCUT2D eigenvalue weighted by atomic mass is 16.6. The van der Waals surface area contributed by atoms with Gasteiger partial charge in [-0.25, -0.2) is 9.59 Å². The van der Waals surface area contributed by atoms with Crippen molar-refractivity contribution in [3.05, 3.63) is 41.6 Å². The molecule has 0 aliphatic carbocycles. The number of esters is 1. The van der Waals surface area contributed by atoms with Crippen LogP contribution >= 0.6 is 0 Å². The first-order chi connectivity index (χ1) is 13.0.